The fourth-order valence-corrected chi connectivity index (χ4v) is 2.01. The maximum absolute atomic E-state index is 6.14. The summed E-state index contributed by atoms with van der Waals surface area (Å²) >= 11 is 0. The summed E-state index contributed by atoms with van der Waals surface area (Å²) in [5.74, 6) is 1.36. The van der Waals surface area contributed by atoms with E-state index < -0.39 is 0 Å². The smallest absolute Gasteiger partial charge is 0.125 e. The highest BCUT2D eigenvalue weighted by molar-refractivity contribution is 5.01. The molecule has 1 aliphatic rings. The molecule has 0 radical (unpaired) electrons. The van der Waals surface area contributed by atoms with E-state index in [1.807, 2.05) is 17.8 Å². The number of rotatable bonds is 2. The maximum Gasteiger partial charge on any atom is 0.125 e. The van der Waals surface area contributed by atoms with Crippen molar-refractivity contribution >= 4 is 0 Å². The van der Waals surface area contributed by atoms with Crippen LogP contribution in [-0.4, -0.2) is 22.3 Å². The van der Waals surface area contributed by atoms with Crippen LogP contribution in [0.5, 0.6) is 0 Å². The van der Waals surface area contributed by atoms with Gasteiger partial charge in [0.05, 0.1) is 18.8 Å². The minimum atomic E-state index is -0.0000463. The van der Waals surface area contributed by atoms with E-state index >= 15 is 0 Å². The number of aryl methyl sites for hydroxylation is 1. The Morgan fingerprint density at radius 3 is 3.00 bits per heavy atom. The second-order valence-electron chi connectivity index (χ2n) is 4.06. The van der Waals surface area contributed by atoms with Gasteiger partial charge >= 0.3 is 0 Å². The zero-order valence-electron chi connectivity index (χ0n) is 8.68. The molecule has 0 amide bonds. The average molecular weight is 195 g/mol. The molecule has 78 valence electrons. The van der Waals surface area contributed by atoms with Crippen molar-refractivity contribution < 1.29 is 4.74 Å². The molecule has 1 saturated heterocycles. The van der Waals surface area contributed by atoms with Gasteiger partial charge < -0.3 is 15.0 Å². The molecule has 1 aromatic heterocycles. The first-order valence-electron chi connectivity index (χ1n) is 5.03. The van der Waals surface area contributed by atoms with Crippen LogP contribution in [0.2, 0.25) is 0 Å². The SMILES string of the molecule is CC1CC(C(N)c2nccn2C)CO1. The Labute approximate surface area is 84.1 Å². The van der Waals surface area contributed by atoms with Crippen molar-refractivity contribution in [3.8, 4) is 0 Å². The lowest BCUT2D eigenvalue weighted by Gasteiger charge is -2.17. The molecular formula is C10H17N3O. The van der Waals surface area contributed by atoms with Gasteiger partial charge in [-0.2, -0.15) is 0 Å². The highest BCUT2D eigenvalue weighted by Crippen LogP contribution is 2.28. The van der Waals surface area contributed by atoms with Gasteiger partial charge in [0, 0.05) is 25.4 Å². The average Bonchev–Trinajstić information content (AvgIpc) is 2.73. The lowest BCUT2D eigenvalue weighted by atomic mass is 9.97. The molecule has 3 atom stereocenters. The van der Waals surface area contributed by atoms with E-state index in [0.29, 0.717) is 12.0 Å². The number of hydrogen-bond acceptors (Lipinski definition) is 3. The normalized spacial score (nSPS) is 29.4. The van der Waals surface area contributed by atoms with Crippen molar-refractivity contribution in [3.05, 3.63) is 18.2 Å². The van der Waals surface area contributed by atoms with Gasteiger partial charge in [-0.3, -0.25) is 0 Å². The highest BCUT2D eigenvalue weighted by Gasteiger charge is 2.29. The summed E-state index contributed by atoms with van der Waals surface area (Å²) in [6, 6.07) is -0.0000463. The van der Waals surface area contributed by atoms with E-state index in [9.17, 15) is 0 Å². The van der Waals surface area contributed by atoms with Gasteiger partial charge in [0.25, 0.3) is 0 Å². The molecule has 14 heavy (non-hydrogen) atoms. The van der Waals surface area contributed by atoms with E-state index in [2.05, 4.69) is 11.9 Å². The van der Waals surface area contributed by atoms with Crippen molar-refractivity contribution in [3.63, 3.8) is 0 Å². The van der Waals surface area contributed by atoms with Crippen LogP contribution in [0.15, 0.2) is 12.4 Å². The van der Waals surface area contributed by atoms with Crippen LogP contribution in [0.4, 0.5) is 0 Å². The predicted molar refractivity (Wildman–Crippen MR) is 53.7 cm³/mol. The van der Waals surface area contributed by atoms with Gasteiger partial charge in [-0.15, -0.1) is 0 Å². The molecule has 4 nitrogen and oxygen atoms in total. The van der Waals surface area contributed by atoms with Crippen LogP contribution in [0, 0.1) is 5.92 Å². The van der Waals surface area contributed by atoms with Crippen LogP contribution in [0.3, 0.4) is 0 Å². The second-order valence-corrected chi connectivity index (χ2v) is 4.06. The summed E-state index contributed by atoms with van der Waals surface area (Å²) in [7, 11) is 1.97. The molecule has 4 heteroatoms. The summed E-state index contributed by atoms with van der Waals surface area (Å²) < 4.78 is 7.49. The lowest BCUT2D eigenvalue weighted by Crippen LogP contribution is -2.24. The third-order valence-electron chi connectivity index (χ3n) is 2.89. The fourth-order valence-electron chi connectivity index (χ4n) is 2.01. The fraction of sp³-hybridized carbons (Fsp3) is 0.700. The topological polar surface area (TPSA) is 53.1 Å². The molecular weight excluding hydrogens is 178 g/mol. The molecule has 1 aromatic rings. The molecule has 0 saturated carbocycles. The number of imidazole rings is 1. The molecule has 0 aromatic carbocycles. The summed E-state index contributed by atoms with van der Waals surface area (Å²) in [4.78, 5) is 4.27. The lowest BCUT2D eigenvalue weighted by molar-refractivity contribution is 0.118. The van der Waals surface area contributed by atoms with Crippen molar-refractivity contribution in [1.29, 1.82) is 0 Å². The van der Waals surface area contributed by atoms with Gasteiger partial charge in [-0.05, 0) is 13.3 Å². The van der Waals surface area contributed by atoms with E-state index in [4.69, 9.17) is 10.5 Å². The van der Waals surface area contributed by atoms with Crippen molar-refractivity contribution in [2.24, 2.45) is 18.7 Å². The number of nitrogens with zero attached hydrogens (tertiary/aromatic N) is 2. The third-order valence-corrected chi connectivity index (χ3v) is 2.89. The first kappa shape index (κ1) is 9.68. The van der Waals surface area contributed by atoms with E-state index in [-0.39, 0.29) is 6.04 Å². The van der Waals surface area contributed by atoms with Crippen LogP contribution < -0.4 is 5.73 Å². The number of hydrogen-bond donors (Lipinski definition) is 1. The molecule has 2 rings (SSSR count). The second kappa shape index (κ2) is 3.71. The standard InChI is InChI=1S/C10H17N3O/c1-7-5-8(6-14-7)9(11)10-12-3-4-13(10)2/h3-4,7-9H,5-6,11H2,1-2H3. The molecule has 2 N–H and O–H groups in total. The molecule has 3 unspecified atom stereocenters. The minimum absolute atomic E-state index is 0.0000463. The molecule has 0 spiro atoms. The van der Waals surface area contributed by atoms with Gasteiger partial charge in [0.2, 0.25) is 0 Å². The van der Waals surface area contributed by atoms with Crippen molar-refractivity contribution in [1.82, 2.24) is 9.55 Å². The summed E-state index contributed by atoms with van der Waals surface area (Å²) in [6.45, 7) is 2.85. The minimum Gasteiger partial charge on any atom is -0.378 e. The van der Waals surface area contributed by atoms with Crippen molar-refractivity contribution in [2.45, 2.75) is 25.5 Å². The van der Waals surface area contributed by atoms with Crippen LogP contribution in [-0.2, 0) is 11.8 Å². The maximum atomic E-state index is 6.14. The Bertz CT molecular complexity index is 310. The Balaban J connectivity index is 2.09. The Hall–Kier alpha value is -0.870. The quantitative estimate of drug-likeness (QED) is 0.761. The van der Waals surface area contributed by atoms with Gasteiger partial charge in [0.15, 0.2) is 0 Å². The molecule has 1 aliphatic heterocycles. The number of ether oxygens (including phenoxy) is 1. The molecule has 0 aliphatic carbocycles. The third kappa shape index (κ3) is 1.67. The van der Waals surface area contributed by atoms with Crippen molar-refractivity contribution in [2.75, 3.05) is 6.61 Å². The monoisotopic (exact) mass is 195 g/mol. The Morgan fingerprint density at radius 2 is 2.50 bits per heavy atom. The Kier molecular flexibility index (Phi) is 2.56. The zero-order valence-corrected chi connectivity index (χ0v) is 8.68. The molecule has 1 fully saturated rings. The van der Waals surface area contributed by atoms with E-state index in [0.717, 1.165) is 18.9 Å². The van der Waals surface area contributed by atoms with Gasteiger partial charge in [-0.25, -0.2) is 4.98 Å². The van der Waals surface area contributed by atoms with Gasteiger partial charge in [0.1, 0.15) is 5.82 Å². The predicted octanol–water partition coefficient (Wildman–Crippen LogP) is 0.845. The summed E-state index contributed by atoms with van der Waals surface area (Å²) in [6.07, 6.45) is 5.09. The van der Waals surface area contributed by atoms with E-state index in [1.165, 1.54) is 0 Å². The molecule has 2 heterocycles. The molecule has 0 bridgehead atoms. The largest absolute Gasteiger partial charge is 0.378 e. The first-order chi connectivity index (χ1) is 6.68. The highest BCUT2D eigenvalue weighted by atomic mass is 16.5. The van der Waals surface area contributed by atoms with Crippen LogP contribution in [0.1, 0.15) is 25.2 Å². The van der Waals surface area contributed by atoms with Gasteiger partial charge in [-0.1, -0.05) is 0 Å². The zero-order chi connectivity index (χ0) is 10.1. The number of nitrogens with two attached hydrogens (primary N) is 1. The van der Waals surface area contributed by atoms with Crippen LogP contribution in [0.25, 0.3) is 0 Å². The Morgan fingerprint density at radius 1 is 1.71 bits per heavy atom. The number of aromatic nitrogens is 2. The summed E-state index contributed by atoms with van der Waals surface area (Å²) in [5, 5.41) is 0. The van der Waals surface area contributed by atoms with Crippen LogP contribution >= 0.6 is 0 Å². The first-order valence-corrected chi connectivity index (χ1v) is 5.03. The van der Waals surface area contributed by atoms with E-state index in [1.54, 1.807) is 6.20 Å². The summed E-state index contributed by atoms with van der Waals surface area (Å²) in [5.41, 5.74) is 6.14.